The number of aliphatic carboxylic acids is 1. The molecule has 1 amide bonds. The van der Waals surface area contributed by atoms with Gasteiger partial charge in [-0.2, -0.15) is 0 Å². The number of hydrogen-bond acceptors (Lipinski definition) is 10. The van der Waals surface area contributed by atoms with Crippen LogP contribution in [0.1, 0.15) is 290 Å². The summed E-state index contributed by atoms with van der Waals surface area (Å²) < 4.78 is 29.3. The van der Waals surface area contributed by atoms with Gasteiger partial charge in [0.15, 0.2) is 0 Å². The summed E-state index contributed by atoms with van der Waals surface area (Å²) in [7, 11) is 5.05. The Bertz CT molecular complexity index is 2600. The Hall–Kier alpha value is -1.83. The zero-order valence-corrected chi connectivity index (χ0v) is 64.9. The molecule has 9 unspecified atom stereocenters. The highest BCUT2D eigenvalue weighted by Gasteiger charge is 2.69. The van der Waals surface area contributed by atoms with Gasteiger partial charge in [-0.15, -0.1) is 0 Å². The largest absolute Gasteiger partial charge is 0.481 e. The normalized spacial score (nSPS) is 48.6. The molecule has 5 N–H and O–H groups in total. The van der Waals surface area contributed by atoms with E-state index in [1.807, 2.05) is 0 Å². The predicted octanol–water partition coefficient (Wildman–Crippen LogP) is 18.6. The molecule has 0 heterocycles. The molecule has 0 aromatic heterocycles. The van der Waals surface area contributed by atoms with Crippen LogP contribution in [0, 0.1) is 169 Å². The highest BCUT2D eigenvalue weighted by atomic mass is 16.7. The molecule has 0 spiro atoms. The second kappa shape index (κ2) is 31.5. The van der Waals surface area contributed by atoms with E-state index in [4.69, 9.17) is 34.5 Å². The van der Waals surface area contributed by atoms with E-state index in [9.17, 15) is 24.6 Å². The number of aliphatic hydroxyl groups excluding tert-OH is 2. The summed E-state index contributed by atoms with van der Waals surface area (Å²) in [6.45, 7) is 35.3. The summed E-state index contributed by atoms with van der Waals surface area (Å²) in [6, 6.07) is 0. The average molecular weight is 1360 g/mol. The van der Waals surface area contributed by atoms with Crippen LogP contribution in [0.4, 0.5) is 0 Å². The van der Waals surface area contributed by atoms with E-state index >= 15 is 0 Å². The van der Waals surface area contributed by atoms with Gasteiger partial charge in [0, 0.05) is 33.5 Å². The molecule has 12 fully saturated rings. The standard InChI is InChI=1S/C30H52O4.C29H51NO3.C26H44O4/c1-8-21-25-17-19(2)13-15-30(25,5)24-14-16-29(4)22(20(3)9-12-26(31)33-7)10-11-23(29)27(24)28(21)34-18-32-6;1-7-20-24-16-18(2)12-14-29(24,5)23-13-15-28(4)21(19(3)8-11-25(30)31)9-10-22(28)26(23)27(20)33-17-32-6;1-5-17-21-14-16(27)10-12-26(21,4)20-11-13-25(3)18(15(2)6-9-22(28)29)7-8-19(25)23(20)24(17)30/h19-25,27-28H,8-18H2,1-7H3;18-24,26-27H,7-17H2,1-6H3,(H2,30,31);15-21,23-24,27,30H,5-14H2,1-4H3,(H,28,29)/t19-,20-,21-,22-,23?,24?,25+,27?,28-,29-,30-;18-,19-,20-,21-,22?,23?,24+,26?,27-,28-,29-;15-,16-,17-,18-,19?,20?,21+,23?,24-,25-,26-/m111/s1. The Labute approximate surface area is 591 Å². The first-order valence-electron chi connectivity index (χ1n) is 41.1. The molecule has 0 bridgehead atoms. The monoisotopic (exact) mass is 1360 g/mol. The van der Waals surface area contributed by atoms with Crippen LogP contribution < -0.4 is 5.73 Å². The molecule has 12 aliphatic rings. The van der Waals surface area contributed by atoms with Gasteiger partial charge in [0.1, 0.15) is 13.6 Å². The number of hydrogen-bond donors (Lipinski definition) is 4. The molecule has 12 heteroatoms. The van der Waals surface area contributed by atoms with Crippen LogP contribution in [0.5, 0.6) is 0 Å². The molecule has 0 aromatic carbocycles. The van der Waals surface area contributed by atoms with Gasteiger partial charge in [-0.05, 0) is 310 Å². The van der Waals surface area contributed by atoms with Gasteiger partial charge in [0.25, 0.3) is 0 Å². The summed E-state index contributed by atoms with van der Waals surface area (Å²) in [4.78, 5) is 34.4. The fraction of sp³-hybridized carbons (Fsp3) is 0.965. The third-order valence-corrected chi connectivity index (χ3v) is 34.4. The second-order valence-corrected chi connectivity index (χ2v) is 38.3. The molecule has 12 nitrogen and oxygen atoms in total. The Morgan fingerprint density at radius 2 is 0.794 bits per heavy atom. The number of carboxylic acids is 1. The molecule has 558 valence electrons. The van der Waals surface area contributed by atoms with Crippen molar-refractivity contribution in [2.75, 3.05) is 34.9 Å². The van der Waals surface area contributed by atoms with E-state index in [0.29, 0.717) is 149 Å². The number of carboxylic acid groups (broad SMARTS) is 1. The predicted molar refractivity (Wildman–Crippen MR) is 387 cm³/mol. The number of fused-ring (bicyclic) bond motifs is 15. The van der Waals surface area contributed by atoms with Crippen LogP contribution in [0.3, 0.4) is 0 Å². The fourth-order valence-corrected chi connectivity index (χ4v) is 29.7. The van der Waals surface area contributed by atoms with Crippen LogP contribution >= 0.6 is 0 Å². The van der Waals surface area contributed by atoms with Gasteiger partial charge in [-0.25, -0.2) is 0 Å². The number of esters is 1. The number of rotatable bonds is 21. The topological polar surface area (TPSA) is 184 Å². The van der Waals surface area contributed by atoms with E-state index in [1.54, 1.807) is 14.2 Å². The van der Waals surface area contributed by atoms with Crippen molar-refractivity contribution in [3.8, 4) is 0 Å². The van der Waals surface area contributed by atoms with Gasteiger partial charge in [0.2, 0.25) is 5.91 Å². The van der Waals surface area contributed by atoms with E-state index in [0.717, 1.165) is 92.3 Å². The van der Waals surface area contributed by atoms with Crippen molar-refractivity contribution in [2.24, 2.45) is 174 Å². The number of amides is 1. The van der Waals surface area contributed by atoms with E-state index < -0.39 is 5.97 Å². The number of ether oxygens (including phenoxy) is 5. The van der Waals surface area contributed by atoms with Gasteiger partial charge in [-0.1, -0.05) is 129 Å². The third kappa shape index (κ3) is 14.3. The molecule has 0 aliphatic heterocycles. The van der Waals surface area contributed by atoms with Crippen molar-refractivity contribution in [3.05, 3.63) is 0 Å². The highest BCUT2D eigenvalue weighted by Crippen LogP contribution is 2.74. The Balaban J connectivity index is 0.000000158. The highest BCUT2D eigenvalue weighted by molar-refractivity contribution is 5.73. The van der Waals surface area contributed by atoms with Crippen LogP contribution in [0.25, 0.3) is 0 Å². The molecule has 0 radical (unpaired) electrons. The Morgan fingerprint density at radius 1 is 0.443 bits per heavy atom. The molecule has 12 aliphatic carbocycles. The van der Waals surface area contributed by atoms with Gasteiger partial charge >= 0.3 is 11.9 Å². The smallest absolute Gasteiger partial charge is 0.305 e. The minimum absolute atomic E-state index is 0.0631. The molecule has 12 rings (SSSR count). The molecular formula is C85H147NO11. The van der Waals surface area contributed by atoms with Crippen molar-refractivity contribution in [2.45, 2.75) is 314 Å². The molecule has 0 aromatic rings. The van der Waals surface area contributed by atoms with Crippen LogP contribution in [-0.2, 0) is 38.1 Å². The lowest BCUT2D eigenvalue weighted by Crippen LogP contribution is -2.62. The lowest BCUT2D eigenvalue weighted by atomic mass is 9.41. The first-order chi connectivity index (χ1) is 46.0. The van der Waals surface area contributed by atoms with Crippen molar-refractivity contribution in [1.82, 2.24) is 0 Å². The van der Waals surface area contributed by atoms with Crippen molar-refractivity contribution < 1.29 is 53.4 Å². The van der Waals surface area contributed by atoms with Crippen molar-refractivity contribution in [1.29, 1.82) is 0 Å². The van der Waals surface area contributed by atoms with Gasteiger partial charge in [0.05, 0.1) is 31.5 Å². The molecule has 97 heavy (non-hydrogen) atoms. The lowest BCUT2D eigenvalue weighted by molar-refractivity contribution is -0.231. The number of carbonyl (C=O) groups is 3. The van der Waals surface area contributed by atoms with Gasteiger partial charge < -0.3 is 44.7 Å². The Kier molecular flexibility index (Phi) is 25.2. The maximum Gasteiger partial charge on any atom is 0.305 e. The maximum atomic E-state index is 11.8. The average Bonchev–Trinajstić information content (AvgIpc) is 1.71. The number of nitrogens with two attached hydrogens (primary N) is 1. The number of methoxy groups -OCH3 is 3. The first kappa shape index (κ1) is 77.8. The summed E-state index contributed by atoms with van der Waals surface area (Å²) >= 11 is 0. The number of primary amides is 1. The minimum atomic E-state index is -0.683. The SMILES string of the molecule is CC[C@H]1[C@@H](O)C2C3CC[C@H]([C@H](C)CCC(=O)O)[C@@]3(C)CCC2[C@@]2(C)CC[C@@H](O)C[C@@H]12.CC[C@H]1[C@@H](OCOC)C2C3CC[C@H]([C@H](C)CCC(=O)OC)[C@@]3(C)CCC2[C@@]2(C)CC[C@@H](C)C[C@@H]12.CC[C@H]1[C@@H](OCOC)C2C3CC[C@H]([C@H](C)CCC(N)=O)[C@@]3(C)CCC2[C@@]2(C)CC[C@@H](C)C[C@@H]12. The summed E-state index contributed by atoms with van der Waals surface area (Å²) in [5.41, 5.74) is 7.62. The van der Waals surface area contributed by atoms with Crippen LogP contribution in [-0.4, -0.2) is 92.5 Å². The van der Waals surface area contributed by atoms with E-state index in [1.165, 1.54) is 136 Å². The number of carbonyl (C=O) groups excluding carboxylic acids is 2. The van der Waals surface area contributed by atoms with Crippen molar-refractivity contribution >= 4 is 17.8 Å². The summed E-state index contributed by atoms with van der Waals surface area (Å²) in [6.07, 6.45) is 34.3. The molecule has 33 atom stereocenters. The maximum absolute atomic E-state index is 11.8. The third-order valence-electron chi connectivity index (χ3n) is 34.4. The summed E-state index contributed by atoms with van der Waals surface area (Å²) in [5, 5.41) is 31.3. The fourth-order valence-electron chi connectivity index (χ4n) is 29.7. The quantitative estimate of drug-likeness (QED) is 0.0633. The van der Waals surface area contributed by atoms with E-state index in [-0.39, 0.29) is 41.3 Å². The molecule has 12 saturated carbocycles. The van der Waals surface area contributed by atoms with Crippen LogP contribution in [0.15, 0.2) is 0 Å². The summed E-state index contributed by atoms with van der Waals surface area (Å²) in [5.74, 6) is 13.7. The number of aliphatic hydroxyl groups is 2. The zero-order chi connectivity index (χ0) is 70.5. The zero-order valence-electron chi connectivity index (χ0n) is 64.9. The lowest BCUT2D eigenvalue weighted by Gasteiger charge is -2.65. The van der Waals surface area contributed by atoms with Crippen LogP contribution in [0.2, 0.25) is 0 Å². The second-order valence-electron chi connectivity index (χ2n) is 38.3. The Morgan fingerprint density at radius 3 is 1.18 bits per heavy atom. The minimum Gasteiger partial charge on any atom is -0.481 e. The van der Waals surface area contributed by atoms with E-state index in [2.05, 4.69) is 96.9 Å². The van der Waals surface area contributed by atoms with Crippen molar-refractivity contribution in [3.63, 3.8) is 0 Å². The molecular weight excluding hydrogens is 1210 g/mol. The van der Waals surface area contributed by atoms with Gasteiger partial charge in [-0.3, -0.25) is 14.4 Å². The first-order valence-corrected chi connectivity index (χ1v) is 41.1. The molecule has 0 saturated heterocycles.